The smallest absolute Gasteiger partial charge is 0.242 e. The van der Waals surface area contributed by atoms with Crippen molar-refractivity contribution in [1.29, 1.82) is 5.26 Å². The zero-order chi connectivity index (χ0) is 15.4. The van der Waals surface area contributed by atoms with E-state index in [1.54, 1.807) is 11.0 Å². The maximum Gasteiger partial charge on any atom is 0.242 e. The molecule has 2 rings (SSSR count). The molecule has 21 heavy (non-hydrogen) atoms. The molecule has 1 saturated heterocycles. The molecule has 0 atom stereocenters. The first kappa shape index (κ1) is 15.2. The summed E-state index contributed by atoms with van der Waals surface area (Å²) < 4.78 is 27.7. The van der Waals surface area contributed by atoms with E-state index in [-0.39, 0.29) is 23.7 Å². The lowest BCUT2D eigenvalue weighted by Gasteiger charge is -2.30. The number of halogens is 2. The topological polar surface area (TPSA) is 59.4 Å². The Kier molecular flexibility index (Phi) is 4.70. The van der Waals surface area contributed by atoms with E-state index in [0.717, 1.165) is 25.2 Å². The predicted octanol–water partition coefficient (Wildman–Crippen LogP) is 0.704. The fourth-order valence-electron chi connectivity index (χ4n) is 2.29. The minimum Gasteiger partial charge on any atom is -0.361 e. The molecule has 7 heteroatoms. The molecule has 1 N–H and O–H groups in total. The third-order valence-corrected chi connectivity index (χ3v) is 3.37. The summed E-state index contributed by atoms with van der Waals surface area (Å²) in [6, 6.07) is 3.61. The number of nitrogens with one attached hydrogen (secondary N) is 1. The van der Waals surface area contributed by atoms with Crippen LogP contribution in [0.4, 0.5) is 14.5 Å². The van der Waals surface area contributed by atoms with E-state index in [1.165, 1.54) is 11.9 Å². The van der Waals surface area contributed by atoms with Gasteiger partial charge in [-0.3, -0.25) is 4.79 Å². The van der Waals surface area contributed by atoms with E-state index in [0.29, 0.717) is 13.1 Å². The SMILES string of the molecule is CN(CC(=O)N1CCNCC1)c1c(F)cc(C#N)cc1F. The van der Waals surface area contributed by atoms with Crippen LogP contribution >= 0.6 is 0 Å². The molecule has 0 saturated carbocycles. The highest BCUT2D eigenvalue weighted by atomic mass is 19.1. The van der Waals surface area contributed by atoms with E-state index in [1.807, 2.05) is 0 Å². The highest BCUT2D eigenvalue weighted by Crippen LogP contribution is 2.23. The van der Waals surface area contributed by atoms with Gasteiger partial charge in [-0.1, -0.05) is 0 Å². The number of nitrogens with zero attached hydrogens (tertiary/aromatic N) is 3. The highest BCUT2D eigenvalue weighted by molar-refractivity contribution is 5.81. The van der Waals surface area contributed by atoms with Crippen LogP contribution in [0.25, 0.3) is 0 Å². The Morgan fingerprint density at radius 1 is 1.38 bits per heavy atom. The van der Waals surface area contributed by atoms with Gasteiger partial charge in [0, 0.05) is 33.2 Å². The summed E-state index contributed by atoms with van der Waals surface area (Å²) in [5, 5.41) is 11.8. The standard InChI is InChI=1S/C14H16F2N4O/c1-19(9-13(21)20-4-2-18-3-5-20)14-11(15)6-10(8-17)7-12(14)16/h6-7,18H,2-5,9H2,1H3. The number of nitriles is 1. The van der Waals surface area contributed by atoms with Crippen LogP contribution in [0.5, 0.6) is 0 Å². The van der Waals surface area contributed by atoms with Crippen LogP contribution in [-0.4, -0.2) is 50.6 Å². The Balaban J connectivity index is 2.11. The second-order valence-corrected chi connectivity index (χ2v) is 4.89. The Morgan fingerprint density at radius 3 is 2.48 bits per heavy atom. The second-order valence-electron chi connectivity index (χ2n) is 4.89. The van der Waals surface area contributed by atoms with Crippen molar-refractivity contribution in [3.63, 3.8) is 0 Å². The molecule has 0 bridgehead atoms. The maximum atomic E-state index is 13.9. The van der Waals surface area contributed by atoms with E-state index < -0.39 is 11.6 Å². The Bertz CT molecular complexity index is 556. The number of piperazine rings is 1. The molecule has 1 aromatic carbocycles. The second kappa shape index (κ2) is 6.50. The van der Waals surface area contributed by atoms with Gasteiger partial charge in [0.25, 0.3) is 0 Å². The van der Waals surface area contributed by atoms with Crippen molar-refractivity contribution < 1.29 is 13.6 Å². The molecule has 1 aliphatic heterocycles. The van der Waals surface area contributed by atoms with E-state index in [2.05, 4.69) is 5.32 Å². The van der Waals surface area contributed by atoms with Crippen LogP contribution in [0.1, 0.15) is 5.56 Å². The molecule has 0 radical (unpaired) electrons. The summed E-state index contributed by atoms with van der Waals surface area (Å²) in [6.07, 6.45) is 0. The molecule has 0 aliphatic carbocycles. The third-order valence-electron chi connectivity index (χ3n) is 3.37. The lowest BCUT2D eigenvalue weighted by molar-refractivity contribution is -0.130. The number of rotatable bonds is 3. The molecule has 0 aromatic heterocycles. The zero-order valence-electron chi connectivity index (χ0n) is 11.7. The summed E-state index contributed by atoms with van der Waals surface area (Å²) in [5.74, 6) is -1.87. The number of carbonyl (C=O) groups is 1. The van der Waals surface area contributed by atoms with Crippen LogP contribution in [0, 0.1) is 23.0 Å². The monoisotopic (exact) mass is 294 g/mol. The summed E-state index contributed by atoms with van der Waals surface area (Å²) in [7, 11) is 1.45. The maximum absolute atomic E-state index is 13.9. The largest absolute Gasteiger partial charge is 0.361 e. The average Bonchev–Trinajstić information content (AvgIpc) is 2.47. The molecular weight excluding hydrogens is 278 g/mol. The fourth-order valence-corrected chi connectivity index (χ4v) is 2.29. The van der Waals surface area contributed by atoms with E-state index in [4.69, 9.17) is 5.26 Å². The van der Waals surface area contributed by atoms with Crippen molar-refractivity contribution in [2.75, 3.05) is 44.7 Å². The highest BCUT2D eigenvalue weighted by Gasteiger charge is 2.21. The van der Waals surface area contributed by atoms with E-state index >= 15 is 0 Å². The molecule has 1 fully saturated rings. The minimum atomic E-state index is -0.845. The molecule has 112 valence electrons. The quantitative estimate of drug-likeness (QED) is 0.892. The zero-order valence-corrected chi connectivity index (χ0v) is 11.7. The summed E-state index contributed by atoms with van der Waals surface area (Å²) in [5.41, 5.74) is -0.381. The first-order valence-electron chi connectivity index (χ1n) is 6.61. The third kappa shape index (κ3) is 3.47. The van der Waals surface area contributed by atoms with Crippen LogP contribution in [0.15, 0.2) is 12.1 Å². The number of amides is 1. The first-order valence-corrected chi connectivity index (χ1v) is 6.61. The van der Waals surface area contributed by atoms with Crippen molar-refractivity contribution >= 4 is 11.6 Å². The Morgan fingerprint density at radius 2 is 1.95 bits per heavy atom. The number of benzene rings is 1. The number of carbonyl (C=O) groups excluding carboxylic acids is 1. The molecule has 1 amide bonds. The van der Waals surface area contributed by atoms with Gasteiger partial charge in [0.1, 0.15) is 5.69 Å². The van der Waals surface area contributed by atoms with Crippen LogP contribution in [-0.2, 0) is 4.79 Å². The van der Waals surface area contributed by atoms with Gasteiger partial charge in [0.15, 0.2) is 11.6 Å². The van der Waals surface area contributed by atoms with Gasteiger partial charge in [-0.25, -0.2) is 8.78 Å². The van der Waals surface area contributed by atoms with Gasteiger partial charge in [0.05, 0.1) is 18.2 Å². The average molecular weight is 294 g/mol. The first-order chi connectivity index (χ1) is 10.0. The predicted molar refractivity (Wildman–Crippen MR) is 73.8 cm³/mol. The Hall–Kier alpha value is -2.20. The van der Waals surface area contributed by atoms with Gasteiger partial charge >= 0.3 is 0 Å². The van der Waals surface area contributed by atoms with Crippen LogP contribution in [0.3, 0.4) is 0 Å². The van der Waals surface area contributed by atoms with Crippen molar-refractivity contribution in [3.8, 4) is 6.07 Å². The number of anilines is 1. The van der Waals surface area contributed by atoms with E-state index in [9.17, 15) is 13.6 Å². The molecule has 1 heterocycles. The number of likely N-dealkylation sites (N-methyl/N-ethyl adjacent to an activating group) is 1. The van der Waals surface area contributed by atoms with Gasteiger partial charge in [-0.15, -0.1) is 0 Å². The minimum absolute atomic E-state index is 0.0874. The van der Waals surface area contributed by atoms with Crippen molar-refractivity contribution in [1.82, 2.24) is 10.2 Å². The number of hydrogen-bond acceptors (Lipinski definition) is 4. The molecule has 1 aromatic rings. The van der Waals surface area contributed by atoms with Gasteiger partial charge in [0.2, 0.25) is 5.91 Å². The van der Waals surface area contributed by atoms with Crippen LogP contribution in [0.2, 0.25) is 0 Å². The normalized spacial score (nSPS) is 14.7. The number of hydrogen-bond donors (Lipinski definition) is 1. The van der Waals surface area contributed by atoms with Gasteiger partial charge < -0.3 is 15.1 Å². The fraction of sp³-hybridized carbons (Fsp3) is 0.429. The molecule has 0 spiro atoms. The molecule has 1 aliphatic rings. The van der Waals surface area contributed by atoms with Crippen molar-refractivity contribution in [2.24, 2.45) is 0 Å². The summed E-state index contributed by atoms with van der Waals surface area (Å²) >= 11 is 0. The molecular formula is C14H16F2N4O. The van der Waals surface area contributed by atoms with Gasteiger partial charge in [-0.2, -0.15) is 5.26 Å². The summed E-state index contributed by atoms with van der Waals surface area (Å²) in [4.78, 5) is 15.0. The lowest BCUT2D eigenvalue weighted by atomic mass is 10.2. The lowest BCUT2D eigenvalue weighted by Crippen LogP contribution is -2.49. The van der Waals surface area contributed by atoms with Gasteiger partial charge in [-0.05, 0) is 12.1 Å². The Labute approximate surface area is 121 Å². The van der Waals surface area contributed by atoms with Crippen LogP contribution < -0.4 is 10.2 Å². The summed E-state index contributed by atoms with van der Waals surface area (Å²) in [6.45, 7) is 2.50. The van der Waals surface area contributed by atoms with Crippen molar-refractivity contribution in [3.05, 3.63) is 29.3 Å². The van der Waals surface area contributed by atoms with Crippen molar-refractivity contribution in [2.45, 2.75) is 0 Å². The molecule has 5 nitrogen and oxygen atoms in total. The molecule has 0 unspecified atom stereocenters.